The first-order valence-corrected chi connectivity index (χ1v) is 12.6. The molecule has 5 heteroatoms. The molecule has 0 bridgehead atoms. The molecule has 4 nitrogen and oxygen atoms in total. The predicted octanol–water partition coefficient (Wildman–Crippen LogP) is 7.31. The number of aryl methyl sites for hydroxylation is 1. The van der Waals surface area contributed by atoms with Crippen LogP contribution in [0.3, 0.4) is 0 Å². The fraction of sp³-hybridized carbons (Fsp3) is 0.241. The largest absolute Gasteiger partial charge is 0.506 e. The van der Waals surface area contributed by atoms with Crippen molar-refractivity contribution >= 4 is 27.7 Å². The topological polar surface area (TPSA) is 54.7 Å². The standard InChI is InChI=1S/C29H26N2O2S/c1-29(2)16-15-18-7-3-4-11-22(18)26-27(29)31-28(34-26)20-9-5-10-21(17-20)33-24-14-13-19-8-6-12-23(32)25(19)30-24/h3-14,17,26-27,32H,15-16H2,1-2H3/t26-,27+/m0/s1. The number of thioether (sulfide) groups is 1. The van der Waals surface area contributed by atoms with E-state index in [1.807, 2.05) is 54.2 Å². The lowest BCUT2D eigenvalue weighted by atomic mass is 9.80. The molecule has 1 aliphatic heterocycles. The summed E-state index contributed by atoms with van der Waals surface area (Å²) in [5.74, 6) is 1.30. The molecule has 6 rings (SSSR count). The second-order valence-corrected chi connectivity index (χ2v) is 10.9. The molecule has 1 aromatic heterocycles. The van der Waals surface area contributed by atoms with Crippen LogP contribution in [0, 0.1) is 5.41 Å². The third-order valence-corrected chi connectivity index (χ3v) is 8.29. The summed E-state index contributed by atoms with van der Waals surface area (Å²) in [7, 11) is 0. The Kier molecular flexibility index (Phi) is 5.10. The molecule has 2 atom stereocenters. The lowest BCUT2D eigenvalue weighted by Crippen LogP contribution is -2.29. The highest BCUT2D eigenvalue weighted by atomic mass is 32.2. The zero-order valence-corrected chi connectivity index (χ0v) is 20.0. The number of aromatic nitrogens is 1. The molecule has 4 aromatic rings. The molecule has 0 spiro atoms. The molecule has 3 aromatic carbocycles. The van der Waals surface area contributed by atoms with Crippen molar-refractivity contribution in [3.8, 4) is 17.4 Å². The van der Waals surface area contributed by atoms with Crippen molar-refractivity contribution in [3.63, 3.8) is 0 Å². The van der Waals surface area contributed by atoms with Gasteiger partial charge in [0, 0.05) is 17.0 Å². The van der Waals surface area contributed by atoms with Crippen LogP contribution in [0.4, 0.5) is 0 Å². The number of nitrogens with zero attached hydrogens (tertiary/aromatic N) is 2. The molecule has 0 fully saturated rings. The van der Waals surface area contributed by atoms with Gasteiger partial charge in [0.25, 0.3) is 0 Å². The summed E-state index contributed by atoms with van der Waals surface area (Å²) in [6.45, 7) is 4.70. The summed E-state index contributed by atoms with van der Waals surface area (Å²) in [4.78, 5) is 9.77. The van der Waals surface area contributed by atoms with E-state index in [-0.39, 0.29) is 17.2 Å². The van der Waals surface area contributed by atoms with Crippen molar-refractivity contribution in [1.29, 1.82) is 0 Å². The molecular weight excluding hydrogens is 440 g/mol. The van der Waals surface area contributed by atoms with Gasteiger partial charge in [-0.15, -0.1) is 0 Å². The number of benzene rings is 3. The van der Waals surface area contributed by atoms with Crippen LogP contribution < -0.4 is 4.74 Å². The minimum Gasteiger partial charge on any atom is -0.506 e. The summed E-state index contributed by atoms with van der Waals surface area (Å²) in [5, 5.41) is 12.4. The highest BCUT2D eigenvalue weighted by molar-refractivity contribution is 8.15. The summed E-state index contributed by atoms with van der Waals surface area (Å²) < 4.78 is 6.09. The summed E-state index contributed by atoms with van der Waals surface area (Å²) in [5.41, 5.74) is 4.60. The first kappa shape index (κ1) is 21.2. The number of aromatic hydroxyl groups is 1. The number of rotatable bonds is 3. The van der Waals surface area contributed by atoms with Crippen molar-refractivity contribution in [2.45, 2.75) is 38.0 Å². The van der Waals surface area contributed by atoms with Gasteiger partial charge in [0.05, 0.1) is 16.3 Å². The molecule has 170 valence electrons. The number of para-hydroxylation sites is 1. The Hall–Kier alpha value is -3.31. The third kappa shape index (κ3) is 3.74. The van der Waals surface area contributed by atoms with Gasteiger partial charge in [0.2, 0.25) is 5.88 Å². The average molecular weight is 467 g/mol. The average Bonchev–Trinajstić information content (AvgIpc) is 3.27. The zero-order chi connectivity index (χ0) is 23.3. The number of fused-ring (bicyclic) bond motifs is 4. The van der Waals surface area contributed by atoms with Crippen LogP contribution in [0.25, 0.3) is 10.9 Å². The number of aliphatic imine (C=N–C) groups is 1. The summed E-state index contributed by atoms with van der Waals surface area (Å²) in [6, 6.07) is 26.2. The maximum absolute atomic E-state index is 10.1. The number of phenols is 1. The van der Waals surface area contributed by atoms with Crippen LogP contribution >= 0.6 is 11.8 Å². The second-order valence-electron chi connectivity index (χ2n) is 9.73. The molecule has 0 amide bonds. The van der Waals surface area contributed by atoms with Gasteiger partial charge in [0.15, 0.2) is 0 Å². The molecule has 0 saturated carbocycles. The van der Waals surface area contributed by atoms with Crippen molar-refractivity contribution in [3.05, 3.63) is 95.6 Å². The monoisotopic (exact) mass is 466 g/mol. The Balaban J connectivity index is 1.31. The predicted molar refractivity (Wildman–Crippen MR) is 139 cm³/mol. The number of hydrogen-bond acceptors (Lipinski definition) is 5. The summed E-state index contributed by atoms with van der Waals surface area (Å²) in [6.07, 6.45) is 2.24. The highest BCUT2D eigenvalue weighted by Gasteiger charge is 2.44. The first-order chi connectivity index (χ1) is 16.5. The Bertz CT molecular complexity index is 1430. The molecule has 2 aliphatic rings. The van der Waals surface area contributed by atoms with Gasteiger partial charge in [-0.25, -0.2) is 4.98 Å². The normalized spacial score (nSPS) is 20.8. The maximum atomic E-state index is 10.1. The fourth-order valence-electron chi connectivity index (χ4n) is 5.00. The maximum Gasteiger partial charge on any atom is 0.219 e. The lowest BCUT2D eigenvalue weighted by Gasteiger charge is -2.30. The van der Waals surface area contributed by atoms with Crippen LogP contribution in [0.15, 0.2) is 83.9 Å². The Morgan fingerprint density at radius 1 is 0.971 bits per heavy atom. The molecule has 0 saturated heterocycles. The number of hydrogen-bond donors (Lipinski definition) is 1. The Morgan fingerprint density at radius 2 is 1.82 bits per heavy atom. The molecule has 2 heterocycles. The molecule has 0 unspecified atom stereocenters. The number of pyridine rings is 1. The van der Waals surface area contributed by atoms with Gasteiger partial charge < -0.3 is 9.84 Å². The van der Waals surface area contributed by atoms with Gasteiger partial charge >= 0.3 is 0 Å². The van der Waals surface area contributed by atoms with Crippen molar-refractivity contribution < 1.29 is 9.84 Å². The van der Waals surface area contributed by atoms with E-state index in [1.54, 1.807) is 6.07 Å². The van der Waals surface area contributed by atoms with E-state index in [1.165, 1.54) is 11.1 Å². The molecule has 1 aliphatic carbocycles. The van der Waals surface area contributed by atoms with E-state index in [9.17, 15) is 5.11 Å². The van der Waals surface area contributed by atoms with Crippen LogP contribution in [-0.2, 0) is 6.42 Å². The highest BCUT2D eigenvalue weighted by Crippen LogP contribution is 2.52. The van der Waals surface area contributed by atoms with Crippen molar-refractivity contribution in [2.24, 2.45) is 10.4 Å². The van der Waals surface area contributed by atoms with Gasteiger partial charge in [-0.1, -0.05) is 74.1 Å². The van der Waals surface area contributed by atoms with E-state index in [4.69, 9.17) is 9.73 Å². The molecule has 34 heavy (non-hydrogen) atoms. The van der Waals surface area contributed by atoms with Gasteiger partial charge in [-0.3, -0.25) is 4.99 Å². The fourth-order valence-corrected chi connectivity index (χ4v) is 6.59. The quantitative estimate of drug-likeness (QED) is 0.344. The van der Waals surface area contributed by atoms with Gasteiger partial charge in [-0.2, -0.15) is 0 Å². The van der Waals surface area contributed by atoms with Crippen molar-refractivity contribution in [2.75, 3.05) is 0 Å². The molecule has 1 N–H and O–H groups in total. The van der Waals surface area contributed by atoms with E-state index < -0.39 is 0 Å². The second kappa shape index (κ2) is 8.17. The van der Waals surface area contributed by atoms with E-state index in [0.717, 1.165) is 28.8 Å². The smallest absolute Gasteiger partial charge is 0.219 e. The minimum absolute atomic E-state index is 0.129. The Morgan fingerprint density at radius 3 is 2.74 bits per heavy atom. The molecular formula is C29H26N2O2S. The first-order valence-electron chi connectivity index (χ1n) is 11.7. The van der Waals surface area contributed by atoms with Crippen molar-refractivity contribution in [1.82, 2.24) is 4.98 Å². The molecule has 0 radical (unpaired) electrons. The van der Waals surface area contributed by atoms with Crippen LogP contribution in [-0.4, -0.2) is 21.2 Å². The van der Waals surface area contributed by atoms with E-state index >= 15 is 0 Å². The van der Waals surface area contributed by atoms with Crippen LogP contribution in [0.5, 0.6) is 17.4 Å². The number of ether oxygens (including phenoxy) is 1. The third-order valence-electron chi connectivity index (χ3n) is 6.96. The summed E-state index contributed by atoms with van der Waals surface area (Å²) >= 11 is 1.87. The Labute approximate surface area is 203 Å². The van der Waals surface area contributed by atoms with Crippen LogP contribution in [0.2, 0.25) is 0 Å². The van der Waals surface area contributed by atoms with E-state index in [2.05, 4.69) is 49.2 Å². The zero-order valence-electron chi connectivity index (χ0n) is 19.2. The SMILES string of the molecule is CC1(C)CCc2ccccc2[C@@H]2SC(c3cccc(Oc4ccc5cccc(O)c5n4)c3)=N[C@H]21. The van der Waals surface area contributed by atoms with Gasteiger partial charge in [-0.05, 0) is 53.6 Å². The van der Waals surface area contributed by atoms with Gasteiger partial charge in [0.1, 0.15) is 17.0 Å². The van der Waals surface area contributed by atoms with Crippen LogP contribution in [0.1, 0.15) is 42.2 Å². The minimum atomic E-state index is 0.129. The van der Waals surface area contributed by atoms with E-state index in [0.29, 0.717) is 22.4 Å². The lowest BCUT2D eigenvalue weighted by molar-refractivity contribution is 0.272. The number of phenolic OH excluding ortho intramolecular Hbond substituents is 1.